The zero-order chi connectivity index (χ0) is 14.5. The predicted octanol–water partition coefficient (Wildman–Crippen LogP) is 1.79. The number of benzene rings is 1. The molecule has 0 aliphatic carbocycles. The molecule has 2 aromatic rings. The summed E-state index contributed by atoms with van der Waals surface area (Å²) in [7, 11) is 3.16. The van der Waals surface area contributed by atoms with Crippen molar-refractivity contribution in [2.45, 2.75) is 6.54 Å². The average molecular weight is 270 g/mol. The van der Waals surface area contributed by atoms with Gasteiger partial charge in [0.25, 0.3) is 0 Å². The van der Waals surface area contributed by atoms with Crippen molar-refractivity contribution in [2.75, 3.05) is 14.2 Å². The van der Waals surface area contributed by atoms with Crippen LogP contribution in [0.2, 0.25) is 0 Å². The molecule has 0 unspecified atom stereocenters. The van der Waals surface area contributed by atoms with E-state index in [2.05, 4.69) is 0 Å². The SMILES string of the molecule is COc1ccc(Cn2ccc(=O)c(C#N)c2)cc1OC. The molecule has 2 rings (SSSR count). The Morgan fingerprint density at radius 1 is 1.20 bits per heavy atom. The third kappa shape index (κ3) is 2.81. The number of nitrogens with zero attached hydrogens (tertiary/aromatic N) is 2. The van der Waals surface area contributed by atoms with Gasteiger partial charge in [0.1, 0.15) is 11.6 Å². The topological polar surface area (TPSA) is 64.2 Å². The molecule has 0 N–H and O–H groups in total. The maximum absolute atomic E-state index is 11.4. The van der Waals surface area contributed by atoms with Crippen molar-refractivity contribution in [3.63, 3.8) is 0 Å². The Hall–Kier alpha value is -2.74. The molecule has 0 atom stereocenters. The van der Waals surface area contributed by atoms with Crippen molar-refractivity contribution in [3.05, 3.63) is 58.0 Å². The molecule has 0 saturated heterocycles. The van der Waals surface area contributed by atoms with Crippen LogP contribution in [0.15, 0.2) is 41.5 Å². The molecule has 5 nitrogen and oxygen atoms in total. The fraction of sp³-hybridized carbons (Fsp3) is 0.200. The first-order valence-corrected chi connectivity index (χ1v) is 5.99. The van der Waals surface area contributed by atoms with Crippen molar-refractivity contribution in [1.82, 2.24) is 4.57 Å². The van der Waals surface area contributed by atoms with Gasteiger partial charge in [0.2, 0.25) is 0 Å². The van der Waals surface area contributed by atoms with Crippen molar-refractivity contribution < 1.29 is 9.47 Å². The summed E-state index contributed by atoms with van der Waals surface area (Å²) in [6.07, 6.45) is 3.19. The first-order chi connectivity index (χ1) is 9.67. The van der Waals surface area contributed by atoms with Crippen LogP contribution < -0.4 is 14.9 Å². The lowest BCUT2D eigenvalue weighted by atomic mass is 10.2. The molecule has 0 fully saturated rings. The van der Waals surface area contributed by atoms with Crippen molar-refractivity contribution >= 4 is 0 Å². The van der Waals surface area contributed by atoms with Crippen LogP contribution in [0.1, 0.15) is 11.1 Å². The van der Waals surface area contributed by atoms with E-state index in [0.29, 0.717) is 18.0 Å². The van der Waals surface area contributed by atoms with Crippen LogP contribution in [0.25, 0.3) is 0 Å². The fourth-order valence-corrected chi connectivity index (χ4v) is 1.90. The number of ether oxygens (including phenoxy) is 2. The lowest BCUT2D eigenvalue weighted by Gasteiger charge is -2.11. The molecule has 1 aromatic heterocycles. The highest BCUT2D eigenvalue weighted by Crippen LogP contribution is 2.27. The van der Waals surface area contributed by atoms with E-state index in [9.17, 15) is 4.79 Å². The minimum absolute atomic E-state index is 0.132. The second-order valence-corrected chi connectivity index (χ2v) is 4.20. The van der Waals surface area contributed by atoms with Crippen LogP contribution >= 0.6 is 0 Å². The summed E-state index contributed by atoms with van der Waals surface area (Å²) in [4.78, 5) is 11.4. The first-order valence-electron chi connectivity index (χ1n) is 5.99. The summed E-state index contributed by atoms with van der Waals surface area (Å²) < 4.78 is 12.2. The van der Waals surface area contributed by atoms with Gasteiger partial charge in [-0.3, -0.25) is 4.79 Å². The number of pyridine rings is 1. The molecule has 0 amide bonds. The van der Waals surface area contributed by atoms with Crippen molar-refractivity contribution in [3.8, 4) is 17.6 Å². The summed E-state index contributed by atoms with van der Waals surface area (Å²) in [6.45, 7) is 0.537. The number of hydrogen-bond acceptors (Lipinski definition) is 4. The number of methoxy groups -OCH3 is 2. The van der Waals surface area contributed by atoms with Crippen molar-refractivity contribution in [2.24, 2.45) is 0 Å². The van der Waals surface area contributed by atoms with E-state index in [1.807, 2.05) is 24.3 Å². The lowest BCUT2D eigenvalue weighted by molar-refractivity contribution is 0.354. The van der Waals surface area contributed by atoms with Gasteiger partial charge in [-0.25, -0.2) is 0 Å². The Morgan fingerprint density at radius 2 is 1.95 bits per heavy atom. The van der Waals surface area contributed by atoms with Gasteiger partial charge < -0.3 is 14.0 Å². The second kappa shape index (κ2) is 5.93. The molecular formula is C15H14N2O3. The molecule has 102 valence electrons. The Bertz CT molecular complexity index is 714. The summed E-state index contributed by atoms with van der Waals surface area (Å²) in [5.41, 5.74) is 0.847. The summed E-state index contributed by atoms with van der Waals surface area (Å²) in [5, 5.41) is 8.86. The highest BCUT2D eigenvalue weighted by molar-refractivity contribution is 5.43. The average Bonchev–Trinajstić information content (AvgIpc) is 2.49. The van der Waals surface area contributed by atoms with E-state index in [1.165, 1.54) is 6.07 Å². The van der Waals surface area contributed by atoms with Gasteiger partial charge in [0, 0.05) is 25.0 Å². The van der Waals surface area contributed by atoms with Crippen LogP contribution in [-0.4, -0.2) is 18.8 Å². The minimum atomic E-state index is -0.268. The molecule has 20 heavy (non-hydrogen) atoms. The van der Waals surface area contributed by atoms with Crippen molar-refractivity contribution in [1.29, 1.82) is 5.26 Å². The van der Waals surface area contributed by atoms with E-state index in [-0.39, 0.29) is 11.0 Å². The van der Waals surface area contributed by atoms with Gasteiger partial charge in [-0.1, -0.05) is 6.07 Å². The largest absolute Gasteiger partial charge is 0.493 e. The lowest BCUT2D eigenvalue weighted by Crippen LogP contribution is -2.10. The number of nitriles is 1. The first kappa shape index (κ1) is 13.7. The van der Waals surface area contributed by atoms with Crippen LogP contribution in [0.4, 0.5) is 0 Å². The summed E-state index contributed by atoms with van der Waals surface area (Å²) in [6, 6.07) is 8.87. The van der Waals surface area contributed by atoms with Crippen LogP contribution in [0, 0.1) is 11.3 Å². The Kier molecular flexibility index (Phi) is 4.06. The number of aromatic nitrogens is 1. The number of rotatable bonds is 4. The molecule has 1 heterocycles. The van der Waals surface area contributed by atoms with Crippen LogP contribution in [0.5, 0.6) is 11.5 Å². The van der Waals surface area contributed by atoms with Gasteiger partial charge in [0.05, 0.1) is 14.2 Å². The fourth-order valence-electron chi connectivity index (χ4n) is 1.90. The zero-order valence-electron chi connectivity index (χ0n) is 11.3. The van der Waals surface area contributed by atoms with E-state index >= 15 is 0 Å². The van der Waals surface area contributed by atoms with Gasteiger partial charge in [-0.15, -0.1) is 0 Å². The normalized spacial score (nSPS) is 9.85. The van der Waals surface area contributed by atoms with E-state index in [1.54, 1.807) is 31.2 Å². The molecule has 0 spiro atoms. The maximum atomic E-state index is 11.4. The van der Waals surface area contributed by atoms with Gasteiger partial charge in [-0.2, -0.15) is 5.26 Å². The molecule has 0 bridgehead atoms. The van der Waals surface area contributed by atoms with E-state index in [4.69, 9.17) is 14.7 Å². The quantitative estimate of drug-likeness (QED) is 0.849. The smallest absolute Gasteiger partial charge is 0.199 e. The highest BCUT2D eigenvalue weighted by Gasteiger charge is 2.05. The minimum Gasteiger partial charge on any atom is -0.493 e. The Morgan fingerprint density at radius 3 is 2.60 bits per heavy atom. The number of hydrogen-bond donors (Lipinski definition) is 0. The van der Waals surface area contributed by atoms with Gasteiger partial charge in [-0.05, 0) is 17.7 Å². The molecule has 1 aromatic carbocycles. The predicted molar refractivity (Wildman–Crippen MR) is 74.1 cm³/mol. The summed E-state index contributed by atoms with van der Waals surface area (Å²) >= 11 is 0. The summed E-state index contributed by atoms with van der Waals surface area (Å²) in [5.74, 6) is 1.31. The monoisotopic (exact) mass is 270 g/mol. The third-order valence-corrected chi connectivity index (χ3v) is 2.91. The molecule has 0 aliphatic heterocycles. The van der Waals surface area contributed by atoms with Gasteiger partial charge >= 0.3 is 0 Å². The molecular weight excluding hydrogens is 256 g/mol. The van der Waals surface area contributed by atoms with Crippen LogP contribution in [0.3, 0.4) is 0 Å². The maximum Gasteiger partial charge on any atom is 0.199 e. The molecule has 5 heteroatoms. The highest BCUT2D eigenvalue weighted by atomic mass is 16.5. The Labute approximate surface area is 116 Å². The second-order valence-electron chi connectivity index (χ2n) is 4.20. The van der Waals surface area contributed by atoms with E-state index < -0.39 is 0 Å². The third-order valence-electron chi connectivity index (χ3n) is 2.91. The molecule has 0 saturated carbocycles. The van der Waals surface area contributed by atoms with Crippen LogP contribution in [-0.2, 0) is 6.54 Å². The Balaban J connectivity index is 2.31. The molecule has 0 radical (unpaired) electrons. The van der Waals surface area contributed by atoms with Gasteiger partial charge in [0.15, 0.2) is 16.9 Å². The van der Waals surface area contributed by atoms with E-state index in [0.717, 1.165) is 5.56 Å². The molecule has 0 aliphatic rings. The zero-order valence-corrected chi connectivity index (χ0v) is 11.3. The standard InChI is InChI=1S/C15H14N2O3/c1-19-14-4-3-11(7-15(14)20-2)9-17-6-5-13(18)12(8-16)10-17/h3-7,10H,9H2,1-2H3.